The fraction of sp³-hybridized carbons (Fsp3) is 0.800. The molecule has 0 atom stereocenters. The molecule has 0 saturated carbocycles. The van der Waals surface area contributed by atoms with Gasteiger partial charge in [-0.15, -0.1) is 24.0 Å². The molecule has 0 aliphatic rings. The Morgan fingerprint density at radius 1 is 1.44 bits per heavy atom. The third kappa shape index (κ3) is 4.50. The smallest absolute Gasteiger partial charge is 0.192 e. The maximum absolute atomic E-state index is 3.94. The minimum Gasteiger partial charge on any atom is -0.359 e. The van der Waals surface area contributed by atoms with Gasteiger partial charge in [0.1, 0.15) is 0 Å². The zero-order valence-corrected chi connectivity index (χ0v) is 8.63. The first-order valence-corrected chi connectivity index (χ1v) is 2.54. The highest BCUT2D eigenvalue weighted by Gasteiger charge is 1.91. The second-order valence-corrected chi connectivity index (χ2v) is 1.69. The summed E-state index contributed by atoms with van der Waals surface area (Å²) in [5.41, 5.74) is 0. The van der Waals surface area contributed by atoms with Gasteiger partial charge in [-0.3, -0.25) is 4.99 Å². The van der Waals surface area contributed by atoms with E-state index >= 15 is 0 Å². The van der Waals surface area contributed by atoms with Gasteiger partial charge < -0.3 is 10.2 Å². The van der Waals surface area contributed by atoms with Crippen molar-refractivity contribution in [2.45, 2.75) is 0 Å². The van der Waals surface area contributed by atoms with Gasteiger partial charge in [-0.1, -0.05) is 0 Å². The Kier molecular flexibility index (Phi) is 8.00. The lowest BCUT2D eigenvalue weighted by molar-refractivity contribution is 0.596. The standard InChI is InChI=1S/C5H13N3.HI/c1-6-5(7-2)8(3)4;/h1-4H3,(H,6,7);1H. The molecule has 0 saturated heterocycles. The third-order valence-electron chi connectivity index (χ3n) is 0.859. The monoisotopic (exact) mass is 243 g/mol. The second kappa shape index (κ2) is 6.12. The van der Waals surface area contributed by atoms with Gasteiger partial charge in [0.15, 0.2) is 5.96 Å². The average molecular weight is 243 g/mol. The van der Waals surface area contributed by atoms with Gasteiger partial charge in [0.25, 0.3) is 0 Å². The summed E-state index contributed by atoms with van der Waals surface area (Å²) in [6.07, 6.45) is 0. The van der Waals surface area contributed by atoms with Crippen molar-refractivity contribution in [1.29, 1.82) is 0 Å². The van der Waals surface area contributed by atoms with E-state index in [1.54, 1.807) is 7.05 Å². The SMILES string of the molecule is CN=C(NC)N(C)C.I. The Labute approximate surface area is 73.5 Å². The molecule has 56 valence electrons. The quantitative estimate of drug-likeness (QED) is 0.378. The summed E-state index contributed by atoms with van der Waals surface area (Å²) in [5.74, 6) is 0.894. The Hall–Kier alpha value is 0. The van der Waals surface area contributed by atoms with Gasteiger partial charge in [0, 0.05) is 28.2 Å². The number of rotatable bonds is 0. The first-order valence-electron chi connectivity index (χ1n) is 2.54. The summed E-state index contributed by atoms with van der Waals surface area (Å²) in [6, 6.07) is 0. The third-order valence-corrected chi connectivity index (χ3v) is 0.859. The zero-order chi connectivity index (χ0) is 6.57. The normalized spacial score (nSPS) is 10.0. The molecule has 0 aliphatic heterocycles. The molecule has 0 aromatic carbocycles. The van der Waals surface area contributed by atoms with E-state index in [0.717, 1.165) is 5.96 Å². The summed E-state index contributed by atoms with van der Waals surface area (Å²) in [7, 11) is 7.49. The Morgan fingerprint density at radius 3 is 1.89 bits per heavy atom. The van der Waals surface area contributed by atoms with Crippen LogP contribution < -0.4 is 5.32 Å². The molecule has 0 amide bonds. The van der Waals surface area contributed by atoms with Crippen LogP contribution in [0.5, 0.6) is 0 Å². The molecule has 0 unspecified atom stereocenters. The van der Waals surface area contributed by atoms with Gasteiger partial charge in [-0.05, 0) is 0 Å². The Balaban J connectivity index is 0. The van der Waals surface area contributed by atoms with Crippen LogP contribution in [0, 0.1) is 0 Å². The summed E-state index contributed by atoms with van der Waals surface area (Å²) < 4.78 is 0. The molecule has 0 spiro atoms. The van der Waals surface area contributed by atoms with Crippen molar-refractivity contribution in [2.24, 2.45) is 4.99 Å². The molecule has 0 rings (SSSR count). The first kappa shape index (κ1) is 11.8. The van der Waals surface area contributed by atoms with Crippen LogP contribution in [0.15, 0.2) is 4.99 Å². The van der Waals surface area contributed by atoms with Crippen molar-refractivity contribution in [3.8, 4) is 0 Å². The van der Waals surface area contributed by atoms with E-state index in [4.69, 9.17) is 0 Å². The largest absolute Gasteiger partial charge is 0.359 e. The van der Waals surface area contributed by atoms with Crippen molar-refractivity contribution < 1.29 is 0 Å². The van der Waals surface area contributed by atoms with Crippen LogP contribution in [0.2, 0.25) is 0 Å². The molecule has 1 N–H and O–H groups in total. The van der Waals surface area contributed by atoms with Crippen LogP contribution >= 0.6 is 24.0 Å². The Morgan fingerprint density at radius 2 is 1.89 bits per heavy atom. The van der Waals surface area contributed by atoms with Crippen molar-refractivity contribution >= 4 is 29.9 Å². The molecule has 0 heterocycles. The Bertz CT molecular complexity index is 90.2. The minimum absolute atomic E-state index is 0. The van der Waals surface area contributed by atoms with E-state index in [1.165, 1.54) is 0 Å². The number of hydrogen-bond donors (Lipinski definition) is 1. The number of nitrogens with zero attached hydrogens (tertiary/aromatic N) is 2. The molecule has 9 heavy (non-hydrogen) atoms. The summed E-state index contributed by atoms with van der Waals surface area (Å²) >= 11 is 0. The summed E-state index contributed by atoms with van der Waals surface area (Å²) in [4.78, 5) is 5.85. The molecule has 3 nitrogen and oxygen atoms in total. The minimum atomic E-state index is 0. The average Bonchev–Trinajstić information content (AvgIpc) is 1.69. The lowest BCUT2D eigenvalue weighted by Crippen LogP contribution is -2.33. The van der Waals surface area contributed by atoms with Gasteiger partial charge in [0.2, 0.25) is 0 Å². The fourth-order valence-corrected chi connectivity index (χ4v) is 0.535. The summed E-state index contributed by atoms with van der Waals surface area (Å²) in [6.45, 7) is 0. The van der Waals surface area contributed by atoms with E-state index in [-0.39, 0.29) is 24.0 Å². The second-order valence-electron chi connectivity index (χ2n) is 1.69. The van der Waals surface area contributed by atoms with Crippen molar-refractivity contribution in [1.82, 2.24) is 10.2 Å². The van der Waals surface area contributed by atoms with E-state index in [2.05, 4.69) is 10.3 Å². The van der Waals surface area contributed by atoms with Crippen LogP contribution in [0.1, 0.15) is 0 Å². The van der Waals surface area contributed by atoms with Crippen molar-refractivity contribution in [3.05, 3.63) is 0 Å². The molecular formula is C5H14IN3. The lowest BCUT2D eigenvalue weighted by atomic mass is 10.8. The lowest BCUT2D eigenvalue weighted by Gasteiger charge is -2.12. The molecular weight excluding hydrogens is 229 g/mol. The van der Waals surface area contributed by atoms with E-state index in [0.29, 0.717) is 0 Å². The maximum atomic E-state index is 3.94. The van der Waals surface area contributed by atoms with E-state index in [1.807, 2.05) is 26.0 Å². The topological polar surface area (TPSA) is 27.6 Å². The predicted molar refractivity (Wildman–Crippen MR) is 51.5 cm³/mol. The molecule has 0 aliphatic carbocycles. The molecule has 0 fully saturated rings. The number of aliphatic imine (C=N–C) groups is 1. The van der Waals surface area contributed by atoms with E-state index in [9.17, 15) is 0 Å². The van der Waals surface area contributed by atoms with Crippen LogP contribution in [-0.4, -0.2) is 39.1 Å². The van der Waals surface area contributed by atoms with Crippen LogP contribution in [0.3, 0.4) is 0 Å². The van der Waals surface area contributed by atoms with E-state index < -0.39 is 0 Å². The maximum Gasteiger partial charge on any atom is 0.192 e. The first-order chi connectivity index (χ1) is 3.72. The molecule has 0 aromatic heterocycles. The highest BCUT2D eigenvalue weighted by molar-refractivity contribution is 14.0. The van der Waals surface area contributed by atoms with Gasteiger partial charge in [-0.2, -0.15) is 0 Å². The van der Waals surface area contributed by atoms with Gasteiger partial charge >= 0.3 is 0 Å². The molecule has 0 radical (unpaired) electrons. The zero-order valence-electron chi connectivity index (χ0n) is 6.30. The van der Waals surface area contributed by atoms with Crippen molar-refractivity contribution in [3.63, 3.8) is 0 Å². The molecule has 0 bridgehead atoms. The molecule has 0 aromatic rings. The van der Waals surface area contributed by atoms with Gasteiger partial charge in [0.05, 0.1) is 0 Å². The van der Waals surface area contributed by atoms with Gasteiger partial charge in [-0.25, -0.2) is 0 Å². The number of hydrogen-bond acceptors (Lipinski definition) is 1. The van der Waals surface area contributed by atoms with Crippen molar-refractivity contribution in [2.75, 3.05) is 28.2 Å². The van der Waals surface area contributed by atoms with Crippen LogP contribution in [-0.2, 0) is 0 Å². The van der Waals surface area contributed by atoms with Crippen LogP contribution in [0.25, 0.3) is 0 Å². The molecule has 4 heteroatoms. The number of guanidine groups is 1. The predicted octanol–water partition coefficient (Wildman–Crippen LogP) is 0.371. The highest BCUT2D eigenvalue weighted by Crippen LogP contribution is 1.73. The number of nitrogens with one attached hydrogen (secondary N) is 1. The fourth-order valence-electron chi connectivity index (χ4n) is 0.535. The van der Waals surface area contributed by atoms with Crippen LogP contribution in [0.4, 0.5) is 0 Å². The number of halogens is 1. The summed E-state index contributed by atoms with van der Waals surface area (Å²) in [5, 5.41) is 2.93. The highest BCUT2D eigenvalue weighted by atomic mass is 127.